The van der Waals surface area contributed by atoms with Crippen LogP contribution in [0.1, 0.15) is 23.2 Å². The lowest BCUT2D eigenvalue weighted by atomic mass is 10.2. The fourth-order valence-electron chi connectivity index (χ4n) is 3.27. The summed E-state index contributed by atoms with van der Waals surface area (Å²) in [5.74, 6) is 0.915. The lowest BCUT2D eigenvalue weighted by Crippen LogP contribution is -2.38. The summed E-state index contributed by atoms with van der Waals surface area (Å²) in [4.78, 5) is 19.1. The molecule has 1 atom stereocenters. The zero-order valence-electron chi connectivity index (χ0n) is 13.9. The van der Waals surface area contributed by atoms with Crippen molar-refractivity contribution in [3.63, 3.8) is 0 Å². The van der Waals surface area contributed by atoms with E-state index in [0.717, 1.165) is 19.4 Å². The van der Waals surface area contributed by atoms with Crippen LogP contribution in [0, 0.1) is 0 Å². The van der Waals surface area contributed by atoms with Gasteiger partial charge in [-0.3, -0.25) is 4.79 Å². The molecular formula is C17H19N5O3. The van der Waals surface area contributed by atoms with Gasteiger partial charge in [-0.25, -0.2) is 9.50 Å². The van der Waals surface area contributed by atoms with Crippen LogP contribution in [0.3, 0.4) is 0 Å². The number of nitrogen functional groups attached to an aromatic ring is 1. The number of rotatable bonds is 4. The average molecular weight is 341 g/mol. The fourth-order valence-corrected chi connectivity index (χ4v) is 3.27. The normalized spacial score (nSPS) is 17.5. The van der Waals surface area contributed by atoms with E-state index in [4.69, 9.17) is 14.9 Å². The molecule has 0 saturated carbocycles. The number of aromatic nitrogens is 3. The third-order valence-corrected chi connectivity index (χ3v) is 4.45. The van der Waals surface area contributed by atoms with Gasteiger partial charge in [0.25, 0.3) is 5.91 Å². The first-order chi connectivity index (χ1) is 12.2. The summed E-state index contributed by atoms with van der Waals surface area (Å²) in [5, 5.41) is 4.38. The van der Waals surface area contributed by atoms with Gasteiger partial charge < -0.3 is 19.8 Å². The van der Waals surface area contributed by atoms with Crippen molar-refractivity contribution in [3.8, 4) is 11.6 Å². The highest BCUT2D eigenvalue weighted by molar-refractivity contribution is 5.96. The SMILES string of the molecule is COCC1CCCN1C(=O)c1cc(N)c2nc(-c3ccco3)nn2c1. The largest absolute Gasteiger partial charge is 0.461 e. The van der Waals surface area contributed by atoms with Crippen molar-refractivity contribution in [1.82, 2.24) is 19.5 Å². The Morgan fingerprint density at radius 1 is 1.52 bits per heavy atom. The molecule has 130 valence electrons. The quantitative estimate of drug-likeness (QED) is 0.777. The number of anilines is 1. The van der Waals surface area contributed by atoms with Gasteiger partial charge in [-0.1, -0.05) is 0 Å². The van der Waals surface area contributed by atoms with Crippen LogP contribution in [0.4, 0.5) is 5.69 Å². The molecule has 4 rings (SSSR count). The standard InChI is InChI=1S/C17H19N5O3/c1-24-10-12-4-2-6-21(12)17(23)11-8-13(18)16-19-15(20-22(16)9-11)14-5-3-7-25-14/h3,5,7-9,12H,2,4,6,10,18H2,1H3. The fraction of sp³-hybridized carbons (Fsp3) is 0.353. The highest BCUT2D eigenvalue weighted by atomic mass is 16.5. The van der Waals surface area contributed by atoms with E-state index >= 15 is 0 Å². The minimum atomic E-state index is -0.0665. The number of hydrogen-bond donors (Lipinski definition) is 1. The Bertz CT molecular complexity index is 903. The number of likely N-dealkylation sites (tertiary alicyclic amines) is 1. The van der Waals surface area contributed by atoms with Gasteiger partial charge >= 0.3 is 0 Å². The van der Waals surface area contributed by atoms with Gasteiger partial charge in [-0.15, -0.1) is 5.10 Å². The van der Waals surface area contributed by atoms with Crippen LogP contribution >= 0.6 is 0 Å². The van der Waals surface area contributed by atoms with Crippen molar-refractivity contribution in [2.45, 2.75) is 18.9 Å². The first-order valence-electron chi connectivity index (χ1n) is 8.17. The van der Waals surface area contributed by atoms with E-state index in [2.05, 4.69) is 10.1 Å². The third kappa shape index (κ3) is 2.74. The Morgan fingerprint density at radius 3 is 3.16 bits per heavy atom. The van der Waals surface area contributed by atoms with Crippen LogP contribution in [-0.4, -0.2) is 51.7 Å². The van der Waals surface area contributed by atoms with Crippen molar-refractivity contribution >= 4 is 17.2 Å². The van der Waals surface area contributed by atoms with Gasteiger partial charge in [0.1, 0.15) is 0 Å². The summed E-state index contributed by atoms with van der Waals surface area (Å²) in [6, 6.07) is 5.29. The Morgan fingerprint density at radius 2 is 2.40 bits per heavy atom. The number of hydrogen-bond acceptors (Lipinski definition) is 6. The van der Waals surface area contributed by atoms with Gasteiger partial charge in [-0.2, -0.15) is 0 Å². The number of furan rings is 1. The van der Waals surface area contributed by atoms with E-state index < -0.39 is 0 Å². The molecule has 2 N–H and O–H groups in total. The van der Waals surface area contributed by atoms with E-state index in [1.165, 1.54) is 4.52 Å². The molecule has 1 aliphatic heterocycles. The van der Waals surface area contributed by atoms with Crippen LogP contribution < -0.4 is 5.73 Å². The van der Waals surface area contributed by atoms with E-state index in [-0.39, 0.29) is 11.9 Å². The molecule has 1 fully saturated rings. The van der Waals surface area contributed by atoms with Crippen molar-refractivity contribution < 1.29 is 13.9 Å². The maximum absolute atomic E-state index is 12.9. The molecule has 3 aromatic rings. The number of pyridine rings is 1. The predicted molar refractivity (Wildman–Crippen MR) is 91.0 cm³/mol. The highest BCUT2D eigenvalue weighted by Crippen LogP contribution is 2.24. The molecule has 0 bridgehead atoms. The minimum absolute atomic E-state index is 0.0665. The lowest BCUT2D eigenvalue weighted by Gasteiger charge is -2.24. The summed E-state index contributed by atoms with van der Waals surface area (Å²) in [6.07, 6.45) is 5.14. The summed E-state index contributed by atoms with van der Waals surface area (Å²) in [5.41, 5.74) is 7.49. The Hall–Kier alpha value is -2.87. The molecule has 1 aliphatic rings. The van der Waals surface area contributed by atoms with Crippen LogP contribution in [-0.2, 0) is 4.74 Å². The topological polar surface area (TPSA) is 98.9 Å². The highest BCUT2D eigenvalue weighted by Gasteiger charge is 2.30. The number of fused-ring (bicyclic) bond motifs is 1. The Labute approximate surface area is 144 Å². The van der Waals surface area contributed by atoms with Crippen LogP contribution in [0.15, 0.2) is 35.1 Å². The number of nitrogens with two attached hydrogens (primary N) is 1. The number of methoxy groups -OCH3 is 1. The summed E-state index contributed by atoms with van der Waals surface area (Å²) < 4.78 is 12.1. The second-order valence-corrected chi connectivity index (χ2v) is 6.11. The molecule has 4 heterocycles. The van der Waals surface area contributed by atoms with Crippen molar-refractivity contribution in [2.24, 2.45) is 0 Å². The summed E-state index contributed by atoms with van der Waals surface area (Å²) >= 11 is 0. The smallest absolute Gasteiger partial charge is 0.255 e. The van der Waals surface area contributed by atoms with Crippen molar-refractivity contribution in [3.05, 3.63) is 36.2 Å². The van der Waals surface area contributed by atoms with E-state index in [9.17, 15) is 4.79 Å². The number of carbonyl (C=O) groups excluding carboxylic acids is 1. The van der Waals surface area contributed by atoms with Gasteiger partial charge in [0.2, 0.25) is 5.82 Å². The van der Waals surface area contributed by atoms with Gasteiger partial charge in [-0.05, 0) is 31.0 Å². The zero-order chi connectivity index (χ0) is 17.4. The molecule has 25 heavy (non-hydrogen) atoms. The molecule has 8 nitrogen and oxygen atoms in total. The van der Waals surface area contributed by atoms with Gasteiger partial charge in [0, 0.05) is 19.9 Å². The molecule has 0 radical (unpaired) electrons. The third-order valence-electron chi connectivity index (χ3n) is 4.45. The maximum Gasteiger partial charge on any atom is 0.255 e. The van der Waals surface area contributed by atoms with Crippen LogP contribution in [0.2, 0.25) is 0 Å². The lowest BCUT2D eigenvalue weighted by molar-refractivity contribution is 0.0630. The monoisotopic (exact) mass is 341 g/mol. The predicted octanol–water partition coefficient (Wildman–Crippen LogP) is 1.82. The zero-order valence-corrected chi connectivity index (χ0v) is 13.9. The number of nitrogens with zero attached hydrogens (tertiary/aromatic N) is 4. The van der Waals surface area contributed by atoms with Crippen LogP contribution in [0.25, 0.3) is 17.2 Å². The molecule has 3 aromatic heterocycles. The van der Waals surface area contributed by atoms with E-state index in [1.54, 1.807) is 37.8 Å². The van der Waals surface area contributed by atoms with Crippen molar-refractivity contribution in [1.29, 1.82) is 0 Å². The molecular weight excluding hydrogens is 322 g/mol. The molecule has 8 heteroatoms. The number of carbonyl (C=O) groups is 1. The van der Waals surface area contributed by atoms with Gasteiger partial charge in [0.05, 0.1) is 30.2 Å². The first kappa shape index (κ1) is 15.6. The number of amides is 1. The first-order valence-corrected chi connectivity index (χ1v) is 8.17. The molecule has 0 aliphatic carbocycles. The average Bonchev–Trinajstić information content (AvgIpc) is 3.34. The summed E-state index contributed by atoms with van der Waals surface area (Å²) in [6.45, 7) is 1.26. The Kier molecular flexibility index (Phi) is 3.89. The van der Waals surface area contributed by atoms with Crippen LogP contribution in [0.5, 0.6) is 0 Å². The molecule has 1 amide bonds. The molecule has 1 unspecified atom stereocenters. The summed E-state index contributed by atoms with van der Waals surface area (Å²) in [7, 11) is 1.65. The van der Waals surface area contributed by atoms with E-state index in [0.29, 0.717) is 35.1 Å². The number of ether oxygens (including phenoxy) is 1. The molecule has 0 aromatic carbocycles. The van der Waals surface area contributed by atoms with Gasteiger partial charge in [0.15, 0.2) is 11.4 Å². The maximum atomic E-state index is 12.9. The minimum Gasteiger partial charge on any atom is -0.461 e. The Balaban J connectivity index is 1.69. The molecule has 1 saturated heterocycles. The van der Waals surface area contributed by atoms with Crippen molar-refractivity contribution in [2.75, 3.05) is 26.0 Å². The molecule has 0 spiro atoms. The van der Waals surface area contributed by atoms with E-state index in [1.807, 2.05) is 4.90 Å². The second-order valence-electron chi connectivity index (χ2n) is 6.11. The second kappa shape index (κ2) is 6.21.